The number of halogens is 4. The van der Waals surface area contributed by atoms with Crippen LogP contribution in [0, 0.1) is 3.57 Å². The van der Waals surface area contributed by atoms with Crippen LogP contribution in [0.1, 0.15) is 17.7 Å². The van der Waals surface area contributed by atoms with Gasteiger partial charge in [-0.25, -0.2) is 8.78 Å². The molecule has 0 amide bonds. The lowest BCUT2D eigenvalue weighted by molar-refractivity contribution is 0.145. The fourth-order valence-corrected chi connectivity index (χ4v) is 2.51. The van der Waals surface area contributed by atoms with Gasteiger partial charge in [-0.3, -0.25) is 4.98 Å². The minimum absolute atomic E-state index is 0.223. The van der Waals surface area contributed by atoms with E-state index >= 15 is 0 Å². The highest BCUT2D eigenvalue weighted by molar-refractivity contribution is 14.1. The minimum atomic E-state index is -2.57. The molecule has 6 heteroatoms. The molecule has 0 saturated carbocycles. The van der Waals surface area contributed by atoms with E-state index in [0.717, 1.165) is 3.57 Å². The molecule has 0 bridgehead atoms. The van der Waals surface area contributed by atoms with Gasteiger partial charge in [0.15, 0.2) is 0 Å². The van der Waals surface area contributed by atoms with Gasteiger partial charge in [0.05, 0.1) is 4.47 Å². The third-order valence-electron chi connectivity index (χ3n) is 1.51. The molecule has 13 heavy (non-hydrogen) atoms. The van der Waals surface area contributed by atoms with Gasteiger partial charge >= 0.3 is 0 Å². The smallest absolute Gasteiger partial charge is 0.281 e. The molecule has 0 spiro atoms. The minimum Gasteiger partial charge on any atom is -0.326 e. The summed E-state index contributed by atoms with van der Waals surface area (Å²) in [6.45, 7) is 0.223. The van der Waals surface area contributed by atoms with Crippen LogP contribution in [-0.2, 0) is 6.54 Å². The van der Waals surface area contributed by atoms with E-state index in [-0.39, 0.29) is 12.2 Å². The lowest BCUT2D eigenvalue weighted by atomic mass is 10.2. The van der Waals surface area contributed by atoms with Crippen molar-refractivity contribution in [3.63, 3.8) is 0 Å². The van der Waals surface area contributed by atoms with Crippen LogP contribution >= 0.6 is 38.5 Å². The van der Waals surface area contributed by atoms with Gasteiger partial charge in [0.1, 0.15) is 5.69 Å². The molecular formula is C7H6BrF2IN2. The van der Waals surface area contributed by atoms with Crippen LogP contribution in [0.3, 0.4) is 0 Å². The quantitative estimate of drug-likeness (QED) is 0.821. The van der Waals surface area contributed by atoms with E-state index in [1.165, 1.54) is 6.20 Å². The van der Waals surface area contributed by atoms with Gasteiger partial charge in [-0.05, 0) is 44.1 Å². The van der Waals surface area contributed by atoms with Crippen LogP contribution in [0.4, 0.5) is 8.78 Å². The number of hydrogen-bond donors (Lipinski definition) is 1. The van der Waals surface area contributed by atoms with E-state index in [1.807, 2.05) is 22.6 Å². The van der Waals surface area contributed by atoms with Gasteiger partial charge in [-0.2, -0.15) is 0 Å². The lowest BCUT2D eigenvalue weighted by Crippen LogP contribution is -2.04. The van der Waals surface area contributed by atoms with Crippen molar-refractivity contribution in [2.24, 2.45) is 5.73 Å². The van der Waals surface area contributed by atoms with E-state index in [9.17, 15) is 8.78 Å². The van der Waals surface area contributed by atoms with Crippen molar-refractivity contribution in [3.8, 4) is 0 Å². The number of alkyl halides is 2. The van der Waals surface area contributed by atoms with Crippen LogP contribution in [0.25, 0.3) is 0 Å². The number of nitrogens with two attached hydrogens (primary N) is 1. The average molecular weight is 363 g/mol. The van der Waals surface area contributed by atoms with Crippen LogP contribution in [0.15, 0.2) is 10.7 Å². The van der Waals surface area contributed by atoms with Crippen molar-refractivity contribution in [2.75, 3.05) is 0 Å². The highest BCUT2D eigenvalue weighted by Crippen LogP contribution is 2.30. The van der Waals surface area contributed by atoms with Gasteiger partial charge in [0, 0.05) is 16.3 Å². The van der Waals surface area contributed by atoms with Crippen LogP contribution in [0.5, 0.6) is 0 Å². The third-order valence-corrected chi connectivity index (χ3v) is 3.32. The van der Waals surface area contributed by atoms with Gasteiger partial charge in [-0.15, -0.1) is 0 Å². The van der Waals surface area contributed by atoms with Crippen molar-refractivity contribution < 1.29 is 8.78 Å². The summed E-state index contributed by atoms with van der Waals surface area (Å²) in [6, 6.07) is 0. The number of aromatic nitrogens is 1. The highest BCUT2D eigenvalue weighted by atomic mass is 127. The van der Waals surface area contributed by atoms with Crippen molar-refractivity contribution in [1.82, 2.24) is 4.98 Å². The fourth-order valence-electron chi connectivity index (χ4n) is 0.859. The first-order valence-corrected chi connectivity index (χ1v) is 5.26. The Hall–Kier alpha value is 0.180. The van der Waals surface area contributed by atoms with E-state index in [4.69, 9.17) is 5.73 Å². The first-order valence-electron chi connectivity index (χ1n) is 3.39. The maximum absolute atomic E-state index is 12.3. The van der Waals surface area contributed by atoms with Crippen LogP contribution in [0.2, 0.25) is 0 Å². The number of pyridine rings is 1. The molecule has 0 unspecified atom stereocenters. The Balaban J connectivity index is 3.27. The Labute approximate surface area is 96.2 Å². The molecule has 0 saturated heterocycles. The number of hydrogen-bond acceptors (Lipinski definition) is 2. The largest absolute Gasteiger partial charge is 0.326 e. The Morgan fingerprint density at radius 2 is 2.23 bits per heavy atom. The predicted molar refractivity (Wildman–Crippen MR) is 57.5 cm³/mol. The third kappa shape index (κ3) is 2.35. The summed E-state index contributed by atoms with van der Waals surface area (Å²) in [4.78, 5) is 3.63. The zero-order chi connectivity index (χ0) is 10.0. The second-order valence-corrected chi connectivity index (χ2v) is 4.24. The summed E-state index contributed by atoms with van der Waals surface area (Å²) >= 11 is 5.07. The molecule has 2 N–H and O–H groups in total. The first-order chi connectivity index (χ1) is 6.07. The molecule has 0 aliphatic rings. The van der Waals surface area contributed by atoms with Crippen LogP contribution in [-0.4, -0.2) is 4.98 Å². The second-order valence-electron chi connectivity index (χ2n) is 2.29. The molecule has 0 atom stereocenters. The van der Waals surface area contributed by atoms with Crippen molar-refractivity contribution in [3.05, 3.63) is 25.5 Å². The van der Waals surface area contributed by atoms with Gasteiger partial charge < -0.3 is 5.73 Å². The lowest BCUT2D eigenvalue weighted by Gasteiger charge is -2.08. The van der Waals surface area contributed by atoms with Crippen LogP contribution < -0.4 is 5.73 Å². The Morgan fingerprint density at radius 1 is 1.62 bits per heavy atom. The molecule has 0 aromatic carbocycles. The molecule has 1 rings (SSSR count). The standard InChI is InChI=1S/C7H6BrF2IN2/c8-5-3(1-12)4(11)2-13-6(5)7(9)10/h2,7H,1,12H2. The van der Waals surface area contributed by atoms with E-state index in [0.29, 0.717) is 10.0 Å². The van der Waals surface area contributed by atoms with Gasteiger partial charge in [0.25, 0.3) is 6.43 Å². The number of nitrogens with zero attached hydrogens (tertiary/aromatic N) is 1. The Kier molecular flexibility index (Phi) is 3.99. The summed E-state index contributed by atoms with van der Waals surface area (Å²) in [6.07, 6.45) is -1.17. The zero-order valence-corrected chi connectivity index (χ0v) is 10.1. The van der Waals surface area contributed by atoms with E-state index in [2.05, 4.69) is 20.9 Å². The monoisotopic (exact) mass is 362 g/mol. The summed E-state index contributed by atoms with van der Waals surface area (Å²) in [7, 11) is 0. The molecule has 0 radical (unpaired) electrons. The summed E-state index contributed by atoms with van der Waals surface area (Å²) in [5, 5.41) is 0. The predicted octanol–water partition coefficient (Wildman–Crippen LogP) is 2.85. The summed E-state index contributed by atoms with van der Waals surface area (Å²) < 4.78 is 25.8. The molecule has 1 heterocycles. The van der Waals surface area contributed by atoms with Gasteiger partial charge in [-0.1, -0.05) is 0 Å². The second kappa shape index (κ2) is 4.61. The van der Waals surface area contributed by atoms with Crippen molar-refractivity contribution >= 4 is 38.5 Å². The first kappa shape index (κ1) is 11.3. The molecule has 1 aromatic rings. The molecule has 0 aliphatic carbocycles. The Bertz CT molecular complexity index is 320. The van der Waals surface area contributed by atoms with Crippen molar-refractivity contribution in [1.29, 1.82) is 0 Å². The maximum Gasteiger partial charge on any atom is 0.281 e. The summed E-state index contributed by atoms with van der Waals surface area (Å²) in [5.41, 5.74) is 5.84. The molecule has 0 fully saturated rings. The molecule has 2 nitrogen and oxygen atoms in total. The summed E-state index contributed by atoms with van der Waals surface area (Å²) in [5.74, 6) is 0. The molecule has 72 valence electrons. The molecule has 1 aromatic heterocycles. The van der Waals surface area contributed by atoms with Crippen molar-refractivity contribution in [2.45, 2.75) is 13.0 Å². The molecular weight excluding hydrogens is 357 g/mol. The average Bonchev–Trinajstić information content (AvgIpc) is 2.04. The maximum atomic E-state index is 12.3. The van der Waals surface area contributed by atoms with Gasteiger partial charge in [0.2, 0.25) is 0 Å². The normalized spacial score (nSPS) is 10.9. The topological polar surface area (TPSA) is 38.9 Å². The zero-order valence-electron chi connectivity index (χ0n) is 6.40. The van der Waals surface area contributed by atoms with E-state index in [1.54, 1.807) is 0 Å². The molecule has 0 aliphatic heterocycles. The fraction of sp³-hybridized carbons (Fsp3) is 0.286. The Morgan fingerprint density at radius 3 is 2.69 bits per heavy atom. The van der Waals surface area contributed by atoms with E-state index < -0.39 is 6.43 Å². The SMILES string of the molecule is NCc1c(I)cnc(C(F)F)c1Br. The highest BCUT2D eigenvalue weighted by Gasteiger charge is 2.17. The number of rotatable bonds is 2.